The van der Waals surface area contributed by atoms with Gasteiger partial charge < -0.3 is 9.88 Å². The summed E-state index contributed by atoms with van der Waals surface area (Å²) in [4.78, 5) is 12.4. The van der Waals surface area contributed by atoms with E-state index < -0.39 is 17.6 Å². The SMILES string of the molecule is CSc1nnc(CCCNC(=O)c2cn(-c3ccccc3C(F)(F)F)nn2)n1C1CCCC1. The minimum Gasteiger partial charge on any atom is -0.351 e. The fourth-order valence-electron chi connectivity index (χ4n) is 4.08. The van der Waals surface area contributed by atoms with Gasteiger partial charge in [-0.25, -0.2) is 4.68 Å². The summed E-state index contributed by atoms with van der Waals surface area (Å²) >= 11 is 1.58. The molecule has 1 aromatic carbocycles. The normalized spacial score (nSPS) is 14.7. The first-order valence-corrected chi connectivity index (χ1v) is 12.0. The molecule has 2 aromatic heterocycles. The van der Waals surface area contributed by atoms with Crippen molar-refractivity contribution in [1.29, 1.82) is 0 Å². The Kier molecular flexibility index (Phi) is 7.01. The van der Waals surface area contributed by atoms with Crippen LogP contribution in [0.15, 0.2) is 35.6 Å². The van der Waals surface area contributed by atoms with Gasteiger partial charge in [0.2, 0.25) is 0 Å². The van der Waals surface area contributed by atoms with Crippen LogP contribution in [-0.4, -0.2) is 48.5 Å². The van der Waals surface area contributed by atoms with Crippen molar-refractivity contribution in [3.05, 3.63) is 47.5 Å². The fourth-order valence-corrected chi connectivity index (χ4v) is 4.66. The Morgan fingerprint density at radius 2 is 1.94 bits per heavy atom. The van der Waals surface area contributed by atoms with E-state index in [2.05, 4.69) is 30.4 Å². The lowest BCUT2D eigenvalue weighted by molar-refractivity contribution is -0.137. The van der Waals surface area contributed by atoms with E-state index in [1.807, 2.05) is 6.26 Å². The topological polar surface area (TPSA) is 90.5 Å². The highest BCUT2D eigenvalue weighted by molar-refractivity contribution is 7.98. The van der Waals surface area contributed by atoms with Crippen molar-refractivity contribution in [2.75, 3.05) is 12.8 Å². The van der Waals surface area contributed by atoms with Gasteiger partial charge in [0.05, 0.1) is 17.4 Å². The molecule has 4 rings (SSSR count). The summed E-state index contributed by atoms with van der Waals surface area (Å²) < 4.78 is 42.9. The van der Waals surface area contributed by atoms with Crippen LogP contribution >= 0.6 is 11.8 Å². The third-order valence-electron chi connectivity index (χ3n) is 5.65. The van der Waals surface area contributed by atoms with Gasteiger partial charge in [-0.15, -0.1) is 15.3 Å². The van der Waals surface area contributed by atoms with Gasteiger partial charge >= 0.3 is 6.18 Å². The molecule has 1 aliphatic carbocycles. The van der Waals surface area contributed by atoms with E-state index in [1.165, 1.54) is 37.2 Å². The van der Waals surface area contributed by atoms with Gasteiger partial charge in [-0.05, 0) is 37.7 Å². The summed E-state index contributed by atoms with van der Waals surface area (Å²) in [5.74, 6) is 0.419. The summed E-state index contributed by atoms with van der Waals surface area (Å²) in [6.45, 7) is 0.372. The quantitative estimate of drug-likeness (QED) is 0.387. The first-order valence-electron chi connectivity index (χ1n) is 10.7. The van der Waals surface area contributed by atoms with E-state index in [0.717, 1.165) is 34.6 Å². The smallest absolute Gasteiger partial charge is 0.351 e. The number of aryl methyl sites for hydroxylation is 1. The molecule has 1 N–H and O–H groups in total. The largest absolute Gasteiger partial charge is 0.418 e. The molecule has 33 heavy (non-hydrogen) atoms. The summed E-state index contributed by atoms with van der Waals surface area (Å²) in [7, 11) is 0. The van der Waals surface area contributed by atoms with E-state index >= 15 is 0 Å². The highest BCUT2D eigenvalue weighted by atomic mass is 32.2. The van der Waals surface area contributed by atoms with Crippen LogP contribution in [0.5, 0.6) is 0 Å². The van der Waals surface area contributed by atoms with Crippen LogP contribution in [0.1, 0.15) is 60.0 Å². The van der Waals surface area contributed by atoms with Crippen molar-refractivity contribution >= 4 is 17.7 Å². The number of hydrogen-bond donors (Lipinski definition) is 1. The molecule has 1 saturated carbocycles. The zero-order chi connectivity index (χ0) is 23.4. The van der Waals surface area contributed by atoms with Crippen molar-refractivity contribution in [2.45, 2.75) is 55.9 Å². The van der Waals surface area contributed by atoms with Crippen LogP contribution in [0, 0.1) is 0 Å². The average Bonchev–Trinajstić information content (AvgIpc) is 3.56. The summed E-state index contributed by atoms with van der Waals surface area (Å²) in [5.41, 5.74) is -1.09. The van der Waals surface area contributed by atoms with Gasteiger partial charge in [-0.3, -0.25) is 4.79 Å². The number of halogens is 3. The van der Waals surface area contributed by atoms with Crippen LogP contribution in [0.25, 0.3) is 5.69 Å². The van der Waals surface area contributed by atoms with E-state index in [4.69, 9.17) is 0 Å². The molecule has 0 saturated heterocycles. The second-order valence-corrected chi connectivity index (χ2v) is 8.61. The standard InChI is InChI=1S/C21H24F3N7OS/c1-33-20-28-27-18(31(20)14-7-2-3-8-14)11-6-12-25-19(32)16-13-30(29-26-16)17-10-5-4-9-15(17)21(22,23)24/h4-5,9-10,13-14H,2-3,6-8,11-12H2,1H3,(H,25,32). The van der Waals surface area contributed by atoms with Gasteiger partial charge in [0.1, 0.15) is 5.82 Å². The number of thioether (sulfide) groups is 1. The predicted octanol–water partition coefficient (Wildman–Crippen LogP) is 4.08. The Morgan fingerprint density at radius 1 is 1.18 bits per heavy atom. The van der Waals surface area contributed by atoms with Crippen LogP contribution in [-0.2, 0) is 12.6 Å². The number of nitrogens with zero attached hydrogens (tertiary/aromatic N) is 6. The molecule has 3 aromatic rings. The monoisotopic (exact) mass is 479 g/mol. The molecule has 176 valence electrons. The fraction of sp³-hybridized carbons (Fsp3) is 0.476. The van der Waals surface area contributed by atoms with Crippen LogP contribution < -0.4 is 5.32 Å². The number of aromatic nitrogens is 6. The lowest BCUT2D eigenvalue weighted by Crippen LogP contribution is -2.25. The highest BCUT2D eigenvalue weighted by Crippen LogP contribution is 2.34. The molecule has 0 spiro atoms. The predicted molar refractivity (Wildman–Crippen MR) is 116 cm³/mol. The number of amides is 1. The Morgan fingerprint density at radius 3 is 2.67 bits per heavy atom. The van der Waals surface area contributed by atoms with Crippen LogP contribution in [0.3, 0.4) is 0 Å². The third-order valence-corrected chi connectivity index (χ3v) is 6.30. The van der Waals surface area contributed by atoms with Crippen molar-refractivity contribution in [3.63, 3.8) is 0 Å². The molecule has 0 atom stereocenters. The number of hydrogen-bond acceptors (Lipinski definition) is 6. The highest BCUT2D eigenvalue weighted by Gasteiger charge is 2.34. The third kappa shape index (κ3) is 5.21. The van der Waals surface area contributed by atoms with E-state index in [9.17, 15) is 18.0 Å². The van der Waals surface area contributed by atoms with Crippen LogP contribution in [0.2, 0.25) is 0 Å². The summed E-state index contributed by atoms with van der Waals surface area (Å²) in [5, 5.41) is 19.7. The Hall–Kier alpha value is -2.89. The van der Waals surface area contributed by atoms with Crippen molar-refractivity contribution < 1.29 is 18.0 Å². The van der Waals surface area contributed by atoms with Gasteiger partial charge in [0, 0.05) is 19.0 Å². The van der Waals surface area contributed by atoms with Crippen molar-refractivity contribution in [3.8, 4) is 5.69 Å². The Labute approximate surface area is 193 Å². The van der Waals surface area contributed by atoms with Gasteiger partial charge in [0.15, 0.2) is 10.9 Å². The molecular weight excluding hydrogens is 455 g/mol. The molecule has 0 aliphatic heterocycles. The van der Waals surface area contributed by atoms with Crippen molar-refractivity contribution in [1.82, 2.24) is 35.1 Å². The average molecular weight is 480 g/mol. The molecule has 0 unspecified atom stereocenters. The maximum absolute atomic E-state index is 13.2. The minimum absolute atomic E-state index is 0.0502. The zero-order valence-corrected chi connectivity index (χ0v) is 18.9. The number of nitrogens with one attached hydrogen (secondary N) is 1. The summed E-state index contributed by atoms with van der Waals surface area (Å²) in [6.07, 6.45) is 4.62. The molecule has 1 fully saturated rings. The summed E-state index contributed by atoms with van der Waals surface area (Å²) in [6, 6.07) is 5.44. The molecule has 0 bridgehead atoms. The zero-order valence-electron chi connectivity index (χ0n) is 18.0. The van der Waals surface area contributed by atoms with E-state index in [1.54, 1.807) is 11.8 Å². The van der Waals surface area contributed by atoms with Crippen LogP contribution in [0.4, 0.5) is 13.2 Å². The minimum atomic E-state index is -4.54. The van der Waals surface area contributed by atoms with Gasteiger partial charge in [-0.2, -0.15) is 13.2 Å². The number of benzene rings is 1. The second kappa shape index (κ2) is 9.94. The molecule has 8 nitrogen and oxygen atoms in total. The van der Waals surface area contributed by atoms with E-state index in [0.29, 0.717) is 25.4 Å². The molecule has 12 heteroatoms. The van der Waals surface area contributed by atoms with Gasteiger partial charge in [0.25, 0.3) is 5.91 Å². The molecule has 1 amide bonds. The van der Waals surface area contributed by atoms with Gasteiger partial charge in [-0.1, -0.05) is 41.9 Å². The molecular formula is C21H24F3N7OS. The molecule has 2 heterocycles. The number of carbonyl (C=O) groups is 1. The lowest BCUT2D eigenvalue weighted by atomic mass is 10.1. The molecule has 1 aliphatic rings. The first-order chi connectivity index (χ1) is 15.9. The molecule has 0 radical (unpaired) electrons. The number of para-hydroxylation sites is 1. The van der Waals surface area contributed by atoms with Crippen molar-refractivity contribution in [2.24, 2.45) is 0 Å². The Balaban J connectivity index is 1.35. The lowest BCUT2D eigenvalue weighted by Gasteiger charge is -2.16. The number of rotatable bonds is 8. The first kappa shape index (κ1) is 23.3. The maximum atomic E-state index is 13.2. The Bertz CT molecular complexity index is 1110. The maximum Gasteiger partial charge on any atom is 0.418 e. The number of alkyl halides is 3. The second-order valence-electron chi connectivity index (χ2n) is 7.83. The van der Waals surface area contributed by atoms with E-state index in [-0.39, 0.29) is 11.4 Å². The number of carbonyl (C=O) groups excluding carboxylic acids is 1.